The average Bonchev–Trinajstić information content (AvgIpc) is 2.10. The summed E-state index contributed by atoms with van der Waals surface area (Å²) in [6.07, 6.45) is -4.39. The van der Waals surface area contributed by atoms with Gasteiger partial charge in [-0.15, -0.1) is 13.2 Å². The summed E-state index contributed by atoms with van der Waals surface area (Å²) in [4.78, 5) is 0. The highest BCUT2D eigenvalue weighted by Gasteiger charge is 2.34. The van der Waals surface area contributed by atoms with E-state index in [0.717, 1.165) is 6.21 Å². The first kappa shape index (κ1) is 8.32. The van der Waals surface area contributed by atoms with Crippen LogP contribution in [0.25, 0.3) is 0 Å². The van der Waals surface area contributed by atoms with Crippen LogP contribution in [-0.4, -0.2) is 37.3 Å². The van der Waals surface area contributed by atoms with Gasteiger partial charge >= 0.3 is 6.36 Å². The minimum Gasteiger partial charge on any atom is -0.297 e. The molecule has 3 nitrogen and oxygen atoms in total. The quantitative estimate of drug-likeness (QED) is 0.579. The molecule has 0 fully saturated rings. The zero-order chi connectivity index (χ0) is 8.48. The van der Waals surface area contributed by atoms with Crippen molar-refractivity contribution in [2.24, 2.45) is 5.10 Å². The lowest BCUT2D eigenvalue weighted by atomic mass is 10.4. The molecule has 6 heteroatoms. The molecule has 0 amide bonds. The van der Waals surface area contributed by atoms with Crippen LogP contribution in [0.5, 0.6) is 0 Å². The van der Waals surface area contributed by atoms with Crippen LogP contribution in [0.4, 0.5) is 13.2 Å². The molecule has 0 spiro atoms. The van der Waals surface area contributed by atoms with Crippen LogP contribution in [-0.2, 0) is 4.74 Å². The lowest BCUT2D eigenvalue weighted by Crippen LogP contribution is -2.28. The third kappa shape index (κ3) is 2.75. The Bertz CT molecular complexity index is 168. The Morgan fingerprint density at radius 2 is 2.27 bits per heavy atom. The third-order valence-electron chi connectivity index (χ3n) is 1.16. The van der Waals surface area contributed by atoms with E-state index in [0.29, 0.717) is 0 Å². The summed E-state index contributed by atoms with van der Waals surface area (Å²) in [7, 11) is 1.58. The molecule has 0 N–H and O–H groups in total. The molecular formula is C5H7F3N2O. The molecule has 64 valence electrons. The van der Waals surface area contributed by atoms with Crippen LogP contribution >= 0.6 is 0 Å². The second-order valence-corrected chi connectivity index (χ2v) is 2.21. The van der Waals surface area contributed by atoms with E-state index >= 15 is 0 Å². The van der Waals surface area contributed by atoms with Gasteiger partial charge in [-0.1, -0.05) is 0 Å². The van der Waals surface area contributed by atoms with E-state index < -0.39 is 12.5 Å². The molecule has 0 radical (unpaired) electrons. The van der Waals surface area contributed by atoms with Gasteiger partial charge in [0.15, 0.2) is 0 Å². The van der Waals surface area contributed by atoms with Gasteiger partial charge < -0.3 is 0 Å². The van der Waals surface area contributed by atoms with Gasteiger partial charge in [0.25, 0.3) is 0 Å². The number of rotatable bonds is 1. The highest BCUT2D eigenvalue weighted by molar-refractivity contribution is 5.64. The Kier molecular flexibility index (Phi) is 2.03. The Morgan fingerprint density at radius 3 is 2.64 bits per heavy atom. The van der Waals surface area contributed by atoms with Crippen LogP contribution in [0.15, 0.2) is 5.10 Å². The molecule has 0 aromatic heterocycles. The van der Waals surface area contributed by atoms with Crippen molar-refractivity contribution in [1.29, 1.82) is 0 Å². The van der Waals surface area contributed by atoms with Gasteiger partial charge in [0.1, 0.15) is 6.10 Å². The summed E-state index contributed by atoms with van der Waals surface area (Å²) >= 11 is 0. The number of ether oxygens (including phenoxy) is 1. The summed E-state index contributed by atoms with van der Waals surface area (Å²) in [5.74, 6) is 0. The maximum Gasteiger partial charge on any atom is 0.523 e. The predicted octanol–water partition coefficient (Wildman–Crippen LogP) is 0.823. The molecular weight excluding hydrogens is 161 g/mol. The molecule has 0 aromatic rings. The van der Waals surface area contributed by atoms with Crippen molar-refractivity contribution >= 4 is 6.21 Å². The Hall–Kier alpha value is -0.780. The second-order valence-electron chi connectivity index (χ2n) is 2.21. The molecule has 1 aliphatic heterocycles. The molecule has 0 aliphatic carbocycles. The van der Waals surface area contributed by atoms with Gasteiger partial charge in [-0.3, -0.25) is 9.75 Å². The molecule has 0 saturated carbocycles. The van der Waals surface area contributed by atoms with Crippen molar-refractivity contribution in [2.75, 3.05) is 13.6 Å². The van der Waals surface area contributed by atoms with Gasteiger partial charge in [0, 0.05) is 7.05 Å². The van der Waals surface area contributed by atoms with Crippen LogP contribution < -0.4 is 0 Å². The minimum atomic E-state index is -4.57. The third-order valence-corrected chi connectivity index (χ3v) is 1.16. The predicted molar refractivity (Wildman–Crippen MR) is 32.0 cm³/mol. The van der Waals surface area contributed by atoms with E-state index in [9.17, 15) is 13.2 Å². The fraction of sp³-hybridized carbons (Fsp3) is 0.800. The summed E-state index contributed by atoms with van der Waals surface area (Å²) in [6, 6.07) is 0. The van der Waals surface area contributed by atoms with Crippen LogP contribution in [0.3, 0.4) is 0 Å². The molecule has 1 rings (SSSR count). The Morgan fingerprint density at radius 1 is 1.64 bits per heavy atom. The SMILES string of the molecule is CN1CC(OC(F)(F)F)C=N1. The number of alkyl halides is 3. The number of hydrogen-bond donors (Lipinski definition) is 0. The van der Waals surface area contributed by atoms with Crippen molar-refractivity contribution in [2.45, 2.75) is 12.5 Å². The summed E-state index contributed by atoms with van der Waals surface area (Å²) in [5, 5.41) is 4.97. The van der Waals surface area contributed by atoms with Crippen molar-refractivity contribution in [3.63, 3.8) is 0 Å². The summed E-state index contributed by atoms with van der Waals surface area (Å²) < 4.78 is 38.3. The number of halogens is 3. The van der Waals surface area contributed by atoms with Crippen LogP contribution in [0.1, 0.15) is 0 Å². The van der Waals surface area contributed by atoms with Gasteiger partial charge in [0.2, 0.25) is 0 Å². The van der Waals surface area contributed by atoms with Crippen LogP contribution in [0.2, 0.25) is 0 Å². The number of hydrazone groups is 1. The van der Waals surface area contributed by atoms with Crippen LogP contribution in [0, 0.1) is 0 Å². The van der Waals surface area contributed by atoms with E-state index in [-0.39, 0.29) is 6.54 Å². The number of likely N-dealkylation sites (N-methyl/N-ethyl adjacent to an activating group) is 1. The highest BCUT2D eigenvalue weighted by Crippen LogP contribution is 2.19. The lowest BCUT2D eigenvalue weighted by Gasteiger charge is -2.12. The average molecular weight is 168 g/mol. The molecule has 11 heavy (non-hydrogen) atoms. The Labute approximate surface area is 61.4 Å². The fourth-order valence-electron chi connectivity index (χ4n) is 0.782. The molecule has 1 aliphatic rings. The van der Waals surface area contributed by atoms with E-state index in [1.807, 2.05) is 0 Å². The topological polar surface area (TPSA) is 24.8 Å². The Balaban J connectivity index is 2.36. The normalized spacial score (nSPS) is 24.7. The molecule has 0 aromatic carbocycles. The first-order valence-electron chi connectivity index (χ1n) is 2.97. The van der Waals surface area contributed by atoms with E-state index in [1.54, 1.807) is 7.05 Å². The highest BCUT2D eigenvalue weighted by atomic mass is 19.4. The smallest absolute Gasteiger partial charge is 0.297 e. The maximum absolute atomic E-state index is 11.5. The number of hydrogen-bond acceptors (Lipinski definition) is 3. The standard InChI is InChI=1S/C5H7F3N2O/c1-10-3-4(2-9-10)11-5(6,7)8/h2,4H,3H2,1H3. The first-order chi connectivity index (χ1) is 4.97. The number of nitrogens with zero attached hydrogens (tertiary/aromatic N) is 2. The van der Waals surface area contributed by atoms with Gasteiger partial charge in [-0.2, -0.15) is 5.10 Å². The van der Waals surface area contributed by atoms with Gasteiger partial charge in [-0.05, 0) is 0 Å². The van der Waals surface area contributed by atoms with Gasteiger partial charge in [0.05, 0.1) is 12.8 Å². The van der Waals surface area contributed by atoms with Crippen molar-refractivity contribution in [3.8, 4) is 0 Å². The molecule has 1 unspecified atom stereocenters. The lowest BCUT2D eigenvalue weighted by molar-refractivity contribution is -0.332. The van der Waals surface area contributed by atoms with E-state index in [2.05, 4.69) is 9.84 Å². The zero-order valence-electron chi connectivity index (χ0n) is 5.80. The summed E-state index contributed by atoms with van der Waals surface area (Å²) in [6.45, 7) is 0.152. The van der Waals surface area contributed by atoms with E-state index in [1.165, 1.54) is 5.01 Å². The maximum atomic E-state index is 11.5. The molecule has 1 atom stereocenters. The zero-order valence-corrected chi connectivity index (χ0v) is 5.80. The van der Waals surface area contributed by atoms with Crippen molar-refractivity contribution < 1.29 is 17.9 Å². The van der Waals surface area contributed by atoms with Crippen molar-refractivity contribution in [3.05, 3.63) is 0 Å². The molecule has 0 saturated heterocycles. The minimum absolute atomic E-state index is 0.152. The second kappa shape index (κ2) is 2.69. The molecule has 1 heterocycles. The monoisotopic (exact) mass is 168 g/mol. The van der Waals surface area contributed by atoms with Gasteiger partial charge in [-0.25, -0.2) is 0 Å². The molecule has 0 bridgehead atoms. The van der Waals surface area contributed by atoms with E-state index in [4.69, 9.17) is 0 Å². The first-order valence-corrected chi connectivity index (χ1v) is 2.97. The fourth-order valence-corrected chi connectivity index (χ4v) is 0.782. The largest absolute Gasteiger partial charge is 0.523 e. The van der Waals surface area contributed by atoms with Crippen molar-refractivity contribution in [1.82, 2.24) is 5.01 Å². The summed E-state index contributed by atoms with van der Waals surface area (Å²) in [5.41, 5.74) is 0.